The molecule has 2 N–H and O–H groups in total. The van der Waals surface area contributed by atoms with Gasteiger partial charge in [-0.15, -0.1) is 0 Å². The summed E-state index contributed by atoms with van der Waals surface area (Å²) < 4.78 is 1.80. The largest absolute Gasteiger partial charge is 0.369 e. The van der Waals surface area contributed by atoms with Crippen LogP contribution in [0.5, 0.6) is 0 Å². The molecule has 3 rings (SSSR count). The van der Waals surface area contributed by atoms with Crippen LogP contribution in [0, 0.1) is 0 Å². The van der Waals surface area contributed by atoms with E-state index in [1.165, 1.54) is 0 Å². The Morgan fingerprint density at radius 1 is 1.20 bits per heavy atom. The molecule has 1 fully saturated rings. The number of piperazine rings is 1. The van der Waals surface area contributed by atoms with E-state index in [-0.39, 0.29) is 11.9 Å². The third-order valence-corrected chi connectivity index (χ3v) is 4.40. The van der Waals surface area contributed by atoms with Crippen LogP contribution in [0.15, 0.2) is 12.3 Å². The summed E-state index contributed by atoms with van der Waals surface area (Å²) in [4.78, 5) is 38.4. The first-order chi connectivity index (χ1) is 11.9. The quantitative estimate of drug-likeness (QED) is 0.853. The van der Waals surface area contributed by atoms with Crippen molar-refractivity contribution in [2.75, 3.05) is 46.0 Å². The van der Waals surface area contributed by atoms with E-state index < -0.39 is 0 Å². The normalized spacial score (nSPS) is 14.8. The van der Waals surface area contributed by atoms with E-state index >= 15 is 0 Å². The molecule has 25 heavy (non-hydrogen) atoms. The Morgan fingerprint density at radius 3 is 2.44 bits per heavy atom. The highest BCUT2D eigenvalue weighted by molar-refractivity contribution is 5.96. The van der Waals surface area contributed by atoms with Crippen molar-refractivity contribution < 1.29 is 9.59 Å². The summed E-state index contributed by atoms with van der Waals surface area (Å²) in [6.07, 6.45) is 1.56. The van der Waals surface area contributed by atoms with Crippen LogP contribution in [0.3, 0.4) is 0 Å². The Morgan fingerprint density at radius 2 is 1.84 bits per heavy atom. The molecule has 134 valence electrons. The van der Waals surface area contributed by atoms with Crippen LogP contribution in [-0.4, -0.2) is 81.4 Å². The van der Waals surface area contributed by atoms with Gasteiger partial charge in [0.1, 0.15) is 5.52 Å². The SMILES string of the molecule is CCn1c(N)nc2cc(C(=O)N3CCN(C(=O)N(C)C)CC3)cnc21. The molecule has 0 bridgehead atoms. The molecule has 9 nitrogen and oxygen atoms in total. The van der Waals surface area contributed by atoms with Gasteiger partial charge in [0.15, 0.2) is 5.65 Å². The Kier molecular flexibility index (Phi) is 4.47. The predicted molar refractivity (Wildman–Crippen MR) is 94.2 cm³/mol. The number of imidazole rings is 1. The molecule has 9 heteroatoms. The van der Waals surface area contributed by atoms with E-state index in [0.29, 0.717) is 55.4 Å². The highest BCUT2D eigenvalue weighted by Gasteiger charge is 2.26. The maximum atomic E-state index is 12.7. The van der Waals surface area contributed by atoms with E-state index in [9.17, 15) is 9.59 Å². The third-order valence-electron chi connectivity index (χ3n) is 4.40. The van der Waals surface area contributed by atoms with Gasteiger partial charge < -0.3 is 20.4 Å². The fourth-order valence-electron chi connectivity index (χ4n) is 3.02. The number of anilines is 1. The number of amides is 3. The van der Waals surface area contributed by atoms with Gasteiger partial charge in [0, 0.05) is 53.0 Å². The summed E-state index contributed by atoms with van der Waals surface area (Å²) in [5, 5.41) is 0. The Bertz CT molecular complexity index is 806. The van der Waals surface area contributed by atoms with Crippen LogP contribution in [0.4, 0.5) is 10.7 Å². The number of hydrogen-bond acceptors (Lipinski definition) is 5. The van der Waals surface area contributed by atoms with Crippen molar-refractivity contribution in [3.8, 4) is 0 Å². The average Bonchev–Trinajstić information content (AvgIpc) is 2.94. The summed E-state index contributed by atoms with van der Waals surface area (Å²) in [7, 11) is 3.45. The van der Waals surface area contributed by atoms with E-state index in [1.807, 2.05) is 6.92 Å². The van der Waals surface area contributed by atoms with Crippen molar-refractivity contribution in [2.45, 2.75) is 13.5 Å². The second-order valence-corrected chi connectivity index (χ2v) is 6.24. The molecular weight excluding hydrogens is 322 g/mol. The number of aryl methyl sites for hydroxylation is 1. The molecule has 0 aliphatic carbocycles. The Balaban J connectivity index is 1.74. The highest BCUT2D eigenvalue weighted by atomic mass is 16.2. The summed E-state index contributed by atoms with van der Waals surface area (Å²) in [6, 6.07) is 1.70. The zero-order valence-corrected chi connectivity index (χ0v) is 14.8. The number of fused-ring (bicyclic) bond motifs is 1. The lowest BCUT2D eigenvalue weighted by atomic mass is 10.2. The van der Waals surface area contributed by atoms with Crippen molar-refractivity contribution in [1.29, 1.82) is 0 Å². The maximum Gasteiger partial charge on any atom is 0.319 e. The highest BCUT2D eigenvalue weighted by Crippen LogP contribution is 2.18. The number of urea groups is 1. The Hall–Kier alpha value is -2.84. The molecule has 0 spiro atoms. The number of nitrogens with zero attached hydrogens (tertiary/aromatic N) is 6. The standard InChI is InChI=1S/C16H23N7O2/c1-4-23-13-12(19-15(23)17)9-11(10-18-13)14(24)21-5-7-22(8-6-21)16(25)20(2)3/h9-10H,4-8H2,1-3H3,(H2,17,19). The van der Waals surface area contributed by atoms with Crippen LogP contribution >= 0.6 is 0 Å². The molecule has 0 radical (unpaired) electrons. The second kappa shape index (κ2) is 6.58. The van der Waals surface area contributed by atoms with Gasteiger partial charge in [0.2, 0.25) is 5.95 Å². The van der Waals surface area contributed by atoms with Gasteiger partial charge in [0.25, 0.3) is 5.91 Å². The summed E-state index contributed by atoms with van der Waals surface area (Å²) in [6.45, 7) is 4.69. The molecule has 2 aromatic heterocycles. The first-order valence-corrected chi connectivity index (χ1v) is 8.29. The van der Waals surface area contributed by atoms with Crippen LogP contribution in [0.2, 0.25) is 0 Å². The smallest absolute Gasteiger partial charge is 0.319 e. The van der Waals surface area contributed by atoms with Crippen LogP contribution in [0.25, 0.3) is 11.2 Å². The maximum absolute atomic E-state index is 12.7. The summed E-state index contributed by atoms with van der Waals surface area (Å²) >= 11 is 0. The topological polar surface area (TPSA) is 101 Å². The lowest BCUT2D eigenvalue weighted by molar-refractivity contribution is 0.0650. The molecule has 3 amide bonds. The van der Waals surface area contributed by atoms with Gasteiger partial charge in [-0.05, 0) is 13.0 Å². The fraction of sp³-hybridized carbons (Fsp3) is 0.500. The Labute approximate surface area is 146 Å². The average molecular weight is 345 g/mol. The molecule has 1 saturated heterocycles. The van der Waals surface area contributed by atoms with E-state index in [2.05, 4.69) is 9.97 Å². The number of aromatic nitrogens is 3. The molecule has 3 heterocycles. The van der Waals surface area contributed by atoms with Gasteiger partial charge in [-0.2, -0.15) is 0 Å². The molecule has 0 unspecified atom stereocenters. The third kappa shape index (κ3) is 3.09. The van der Waals surface area contributed by atoms with Crippen LogP contribution in [0.1, 0.15) is 17.3 Å². The minimum absolute atomic E-state index is 0.0317. The van der Waals surface area contributed by atoms with Crippen LogP contribution in [-0.2, 0) is 6.54 Å². The number of nitrogen functional groups attached to an aromatic ring is 1. The number of carbonyl (C=O) groups is 2. The molecule has 1 aliphatic rings. The second-order valence-electron chi connectivity index (χ2n) is 6.24. The van der Waals surface area contributed by atoms with Gasteiger partial charge in [-0.1, -0.05) is 0 Å². The number of carbonyl (C=O) groups excluding carboxylic acids is 2. The predicted octanol–water partition coefficient (Wildman–Crippen LogP) is 0.473. The van der Waals surface area contributed by atoms with Crippen molar-refractivity contribution in [3.05, 3.63) is 17.8 Å². The zero-order chi connectivity index (χ0) is 18.1. The molecule has 0 saturated carbocycles. The summed E-state index contributed by atoms with van der Waals surface area (Å²) in [5.74, 6) is 0.293. The van der Waals surface area contributed by atoms with Crippen molar-refractivity contribution in [1.82, 2.24) is 29.2 Å². The van der Waals surface area contributed by atoms with Crippen molar-refractivity contribution in [3.63, 3.8) is 0 Å². The van der Waals surface area contributed by atoms with Gasteiger partial charge >= 0.3 is 6.03 Å². The van der Waals surface area contributed by atoms with E-state index in [0.717, 1.165) is 0 Å². The zero-order valence-electron chi connectivity index (χ0n) is 14.8. The van der Waals surface area contributed by atoms with Crippen molar-refractivity contribution in [2.24, 2.45) is 0 Å². The fourth-order valence-corrected chi connectivity index (χ4v) is 3.02. The van der Waals surface area contributed by atoms with Gasteiger partial charge in [-0.25, -0.2) is 14.8 Å². The van der Waals surface area contributed by atoms with Crippen molar-refractivity contribution >= 4 is 29.1 Å². The number of pyridine rings is 1. The molecular formula is C16H23N7O2. The number of nitrogens with two attached hydrogens (primary N) is 1. The van der Waals surface area contributed by atoms with Gasteiger partial charge in [0.05, 0.1) is 5.56 Å². The van der Waals surface area contributed by atoms with E-state index in [1.54, 1.807) is 45.6 Å². The molecule has 0 atom stereocenters. The van der Waals surface area contributed by atoms with Gasteiger partial charge in [-0.3, -0.25) is 9.36 Å². The number of rotatable bonds is 2. The monoisotopic (exact) mass is 345 g/mol. The first kappa shape index (κ1) is 17.0. The lowest BCUT2D eigenvalue weighted by Crippen LogP contribution is -2.52. The molecule has 0 aromatic carbocycles. The molecule has 1 aliphatic heterocycles. The van der Waals surface area contributed by atoms with E-state index in [4.69, 9.17) is 5.73 Å². The first-order valence-electron chi connectivity index (χ1n) is 8.29. The lowest BCUT2D eigenvalue weighted by Gasteiger charge is -2.35. The minimum atomic E-state index is -0.101. The molecule has 2 aromatic rings. The number of hydrogen-bond donors (Lipinski definition) is 1. The minimum Gasteiger partial charge on any atom is -0.369 e. The summed E-state index contributed by atoms with van der Waals surface area (Å²) in [5.41, 5.74) is 7.66. The van der Waals surface area contributed by atoms with Crippen LogP contribution < -0.4 is 5.73 Å².